The van der Waals surface area contributed by atoms with E-state index in [-0.39, 0.29) is 18.9 Å². The number of fused-ring (bicyclic) bond motifs is 1. The molecule has 0 unspecified atom stereocenters. The smallest absolute Gasteiger partial charge is 0.305 e. The predicted octanol–water partition coefficient (Wildman–Crippen LogP) is 4.94. The normalized spacial score (nSPS) is 12.2. The molecule has 0 fully saturated rings. The molecule has 2 heterocycles. The van der Waals surface area contributed by atoms with Crippen molar-refractivity contribution < 1.29 is 133 Å². The zero-order chi connectivity index (χ0) is 74.5. The molecule has 34 heteroatoms. The highest BCUT2D eigenvalue weighted by atomic mass is 32.1. The third-order valence-corrected chi connectivity index (χ3v) is 15.3. The molecule has 0 spiro atoms. The summed E-state index contributed by atoms with van der Waals surface area (Å²) in [5.74, 6) is -0.842. The Morgan fingerprint density at radius 1 is 0.419 bits per heavy atom. The van der Waals surface area contributed by atoms with Crippen LogP contribution in [0.1, 0.15) is 37.1 Å². The van der Waals surface area contributed by atoms with Gasteiger partial charge in [0, 0.05) is 54.7 Å². The summed E-state index contributed by atoms with van der Waals surface area (Å²) in [5.41, 5.74) is 11.5. The molecule has 1 amide bonds. The molecule has 604 valence electrons. The van der Waals surface area contributed by atoms with Crippen molar-refractivity contribution in [1.82, 2.24) is 10.2 Å². The number of nitrogens with zero attached hydrogens (tertiary/aromatic N) is 5. The number of allylic oxidation sites excluding steroid dienone is 3. The number of carbonyl (C=O) groups is 2. The topological polar surface area (TPSA) is 344 Å². The van der Waals surface area contributed by atoms with Crippen molar-refractivity contribution in [3.8, 4) is 0 Å². The Morgan fingerprint density at radius 2 is 0.705 bits per heavy atom. The minimum Gasteiger partial charge on any atom is -0.481 e. The van der Waals surface area contributed by atoms with Gasteiger partial charge in [0.1, 0.15) is 11.7 Å². The quantitative estimate of drug-likeness (QED) is 0.0291. The highest BCUT2D eigenvalue weighted by molar-refractivity contribution is 7.18. The van der Waals surface area contributed by atoms with Gasteiger partial charge in [-0.3, -0.25) is 9.59 Å². The van der Waals surface area contributed by atoms with E-state index in [4.69, 9.17) is 124 Å². The van der Waals surface area contributed by atoms with Crippen LogP contribution in [0.3, 0.4) is 0 Å². The van der Waals surface area contributed by atoms with E-state index in [2.05, 4.69) is 55.4 Å². The fourth-order valence-electron chi connectivity index (χ4n) is 8.68. The van der Waals surface area contributed by atoms with Gasteiger partial charge in [-0.15, -0.1) is 0 Å². The van der Waals surface area contributed by atoms with E-state index < -0.39 is 5.97 Å². The van der Waals surface area contributed by atoms with Gasteiger partial charge in [0.05, 0.1) is 324 Å². The van der Waals surface area contributed by atoms with Crippen molar-refractivity contribution in [3.05, 3.63) is 63.8 Å². The summed E-state index contributed by atoms with van der Waals surface area (Å²) in [4.78, 5) is 27.7. The maximum absolute atomic E-state index is 12.3. The van der Waals surface area contributed by atoms with Crippen molar-refractivity contribution in [3.63, 3.8) is 0 Å². The summed E-state index contributed by atoms with van der Waals surface area (Å²) in [6, 6.07) is 5.71. The Labute approximate surface area is 624 Å². The molecule has 0 bridgehead atoms. The third-order valence-electron chi connectivity index (χ3n) is 14.1. The highest BCUT2D eigenvalue weighted by Crippen LogP contribution is 2.27. The summed E-state index contributed by atoms with van der Waals surface area (Å²) in [5, 5.41) is 16.3. The lowest BCUT2D eigenvalue weighted by Gasteiger charge is -2.18. The van der Waals surface area contributed by atoms with Gasteiger partial charge < -0.3 is 129 Å². The predicted molar refractivity (Wildman–Crippen MR) is 388 cm³/mol. The molecule has 33 nitrogen and oxygen atoms in total. The van der Waals surface area contributed by atoms with Crippen LogP contribution in [0.25, 0.3) is 26.7 Å². The van der Waals surface area contributed by atoms with Crippen molar-refractivity contribution in [2.45, 2.75) is 32.1 Å². The van der Waals surface area contributed by atoms with Gasteiger partial charge >= 0.3 is 5.97 Å². The minimum atomic E-state index is -0.881. The molecule has 1 aromatic heterocycles. The van der Waals surface area contributed by atoms with Crippen molar-refractivity contribution in [1.29, 1.82) is 0 Å². The van der Waals surface area contributed by atoms with Crippen molar-refractivity contribution >= 4 is 45.2 Å². The Balaban J connectivity index is 0.860. The number of carboxylic acid groups (broad SMARTS) is 1. The number of aromatic nitrogens is 1. The molecule has 2 N–H and O–H groups in total. The van der Waals surface area contributed by atoms with E-state index in [0.717, 1.165) is 46.6 Å². The second-order valence-electron chi connectivity index (χ2n) is 22.4. The fraction of sp³-hybridized carbons (Fsp3) is 0.789. The summed E-state index contributed by atoms with van der Waals surface area (Å²) < 4.78 is 135. The molecule has 1 aliphatic heterocycles. The Morgan fingerprint density at radius 3 is 0.990 bits per heavy atom. The number of aryl methyl sites for hydroxylation is 1. The zero-order valence-electron chi connectivity index (χ0n) is 62.2. The molecule has 0 atom stereocenters. The molecular formula is C71H123N6O27S+. The first-order chi connectivity index (χ1) is 52.0. The number of unbranched alkanes of at least 4 members (excludes halogenated alkanes) is 2. The number of hydrogen-bond acceptors (Lipinski definition) is 29. The Hall–Kier alpha value is -4.58. The average molecular weight is 1520 g/mol. The maximum atomic E-state index is 12.3. The van der Waals surface area contributed by atoms with Crippen LogP contribution >= 0.6 is 11.3 Å². The number of carboxylic acids is 1. The van der Waals surface area contributed by atoms with Crippen LogP contribution in [0, 0.1) is 0 Å². The lowest BCUT2D eigenvalue weighted by Crippen LogP contribution is -2.29. The maximum Gasteiger partial charge on any atom is 0.305 e. The number of carbonyl (C=O) groups excluding carboxylic acids is 1. The highest BCUT2D eigenvalue weighted by Gasteiger charge is 2.17. The second kappa shape index (κ2) is 74.9. The molecule has 1 aliphatic rings. The number of aliphatic carboxylic acids is 1. The number of nitrogens with one attached hydrogen (secondary N) is 1. The van der Waals surface area contributed by atoms with E-state index in [9.17, 15) is 9.59 Å². The molecule has 0 radical (unpaired) electrons. The number of azide groups is 1. The minimum absolute atomic E-state index is 0.0121. The van der Waals surface area contributed by atoms with Crippen molar-refractivity contribution in [2.24, 2.45) is 12.2 Å². The van der Waals surface area contributed by atoms with Crippen LogP contribution < -0.4 is 9.88 Å². The molecule has 105 heavy (non-hydrogen) atoms. The van der Waals surface area contributed by atoms with Crippen LogP contribution in [0.2, 0.25) is 0 Å². The number of benzene rings is 1. The van der Waals surface area contributed by atoms with E-state index in [1.54, 1.807) is 11.3 Å². The number of amides is 1. The van der Waals surface area contributed by atoms with Gasteiger partial charge in [0.2, 0.25) is 11.4 Å². The molecule has 3 rings (SSSR count). The summed E-state index contributed by atoms with van der Waals surface area (Å²) >= 11 is 1.69. The Kier molecular flexibility index (Phi) is 67.5. The fourth-order valence-corrected chi connectivity index (χ4v) is 9.77. The van der Waals surface area contributed by atoms with Crippen LogP contribution in [0.5, 0.6) is 0 Å². The van der Waals surface area contributed by atoms with Gasteiger partial charge in [-0.1, -0.05) is 28.9 Å². The van der Waals surface area contributed by atoms with Gasteiger partial charge in [0.25, 0.3) is 5.01 Å². The standard InChI is InChI=1S/C71H122N6O27S/c1-76-67-64-66(74-75-72)6-7-68(67)105-70(76)63-65-8-13-77(14-9-65)12-4-2-3-5-69(78)73-11-16-82-18-20-84-22-24-86-26-28-88-30-32-90-34-36-92-38-40-94-42-44-96-46-48-98-50-52-100-54-56-102-58-60-104-62-61-103-59-57-101-55-53-99-51-49-97-47-45-95-43-41-93-39-37-91-35-33-89-31-29-87-27-25-85-23-21-83-19-17-81-15-10-71(79)80/h6-9,13-14,63-64H,2-5,10-12,15-62H2,1H3,(H-,73,78,79,80)/p+1. The largest absolute Gasteiger partial charge is 0.481 e. The van der Waals surface area contributed by atoms with Crippen molar-refractivity contribution in [2.75, 3.05) is 330 Å². The number of thiazole rings is 1. The second-order valence-corrected chi connectivity index (χ2v) is 23.4. The molecule has 2 aromatic rings. The van der Waals surface area contributed by atoms with E-state index >= 15 is 0 Å². The zero-order valence-corrected chi connectivity index (χ0v) is 63.0. The summed E-state index contributed by atoms with van der Waals surface area (Å²) in [7, 11) is 2.01. The number of ether oxygens (including phenoxy) is 24. The average Bonchev–Trinajstić information content (AvgIpc) is 1.66. The van der Waals surface area contributed by atoms with Gasteiger partial charge in [-0.2, -0.15) is 4.57 Å². The van der Waals surface area contributed by atoms with Crippen LogP contribution in [-0.2, 0) is 130 Å². The number of hydrogen-bond donors (Lipinski definition) is 2. The monoisotopic (exact) mass is 1520 g/mol. The van der Waals surface area contributed by atoms with E-state index in [1.807, 2.05) is 25.2 Å². The van der Waals surface area contributed by atoms with Crippen LogP contribution in [0.4, 0.5) is 5.69 Å². The lowest BCUT2D eigenvalue weighted by atomic mass is 10.1. The molecule has 0 saturated heterocycles. The van der Waals surface area contributed by atoms with E-state index in [1.165, 1.54) is 0 Å². The van der Waals surface area contributed by atoms with Gasteiger partial charge in [0.15, 0.2) is 0 Å². The Bertz CT molecular complexity index is 2440. The first-order valence-electron chi connectivity index (χ1n) is 36.6. The van der Waals surface area contributed by atoms with Gasteiger partial charge in [-0.25, -0.2) is 0 Å². The number of rotatable bonds is 83. The molecular weight excluding hydrogens is 1400 g/mol. The lowest BCUT2D eigenvalue weighted by molar-refractivity contribution is -0.642. The SMILES string of the molecule is C[n+]1c(C=C2C=CN(CCCCCC(=O)NCCOCCOCCOCCOCCOCCOCCOCCOCCOCCOCCOCCOCCOCCOCCOCCOCCOCCOCCOCCOCCOCCOCCOCCOCCC(=O)O)C=C2)sc2ccc(N=[N+]=[N-])cc21. The third kappa shape index (κ3) is 61.9. The van der Waals surface area contributed by atoms with E-state index in [0.29, 0.717) is 329 Å². The molecule has 0 saturated carbocycles. The summed E-state index contributed by atoms with van der Waals surface area (Å²) in [6.45, 7) is 23.4. The summed E-state index contributed by atoms with van der Waals surface area (Å²) in [6.07, 6.45) is 13.8. The molecule has 0 aliphatic carbocycles. The van der Waals surface area contributed by atoms with Gasteiger partial charge in [-0.05, 0) is 42.2 Å². The molecule has 1 aromatic carbocycles. The van der Waals surface area contributed by atoms with Crippen LogP contribution in [0.15, 0.2) is 53.4 Å². The van der Waals surface area contributed by atoms with Crippen LogP contribution in [-0.4, -0.2) is 352 Å². The first kappa shape index (κ1) is 94.6. The first-order valence-corrected chi connectivity index (χ1v) is 37.4.